The molecule has 0 radical (unpaired) electrons. The van der Waals surface area contributed by atoms with Gasteiger partial charge in [0.05, 0.1) is 12.2 Å². The first-order chi connectivity index (χ1) is 10.7. The van der Waals surface area contributed by atoms with E-state index in [1.54, 1.807) is 0 Å². The highest BCUT2D eigenvalue weighted by Crippen LogP contribution is 2.19. The van der Waals surface area contributed by atoms with E-state index in [4.69, 9.17) is 4.52 Å². The third-order valence-electron chi connectivity index (χ3n) is 3.79. The van der Waals surface area contributed by atoms with E-state index >= 15 is 0 Å². The number of anilines is 2. The van der Waals surface area contributed by atoms with Crippen LogP contribution in [0.15, 0.2) is 16.7 Å². The molecule has 0 aromatic carbocycles. The highest BCUT2D eigenvalue weighted by molar-refractivity contribution is 5.44. The van der Waals surface area contributed by atoms with Crippen molar-refractivity contribution < 1.29 is 4.52 Å². The Hall–Kier alpha value is -2.11. The summed E-state index contributed by atoms with van der Waals surface area (Å²) in [6.45, 7) is 6.82. The first kappa shape index (κ1) is 14.8. The number of nitrogens with one attached hydrogen (secondary N) is 1. The monoisotopic (exact) mass is 301 g/mol. The van der Waals surface area contributed by atoms with Crippen molar-refractivity contribution in [1.82, 2.24) is 15.1 Å². The molecule has 0 spiro atoms. The van der Waals surface area contributed by atoms with Crippen LogP contribution in [0, 0.1) is 6.92 Å². The number of rotatable bonds is 6. The number of aromatic nitrogens is 3. The molecule has 3 rings (SSSR count). The van der Waals surface area contributed by atoms with Gasteiger partial charge in [-0.05, 0) is 26.2 Å². The normalized spacial score (nSPS) is 14.5. The predicted octanol–water partition coefficient (Wildman–Crippen LogP) is 2.94. The second kappa shape index (κ2) is 6.77. The van der Waals surface area contributed by atoms with Crippen LogP contribution in [0.4, 0.5) is 11.8 Å². The smallest absolute Gasteiger partial charge is 0.227 e. The van der Waals surface area contributed by atoms with Gasteiger partial charge in [-0.3, -0.25) is 0 Å². The van der Waals surface area contributed by atoms with Crippen LogP contribution in [0.5, 0.6) is 0 Å². The number of hydrogen-bond donors (Lipinski definition) is 1. The molecule has 1 aliphatic rings. The summed E-state index contributed by atoms with van der Waals surface area (Å²) >= 11 is 0. The van der Waals surface area contributed by atoms with Gasteiger partial charge in [0.25, 0.3) is 0 Å². The minimum Gasteiger partial charge on any atom is -0.363 e. The lowest BCUT2D eigenvalue weighted by molar-refractivity contribution is 0.381. The lowest BCUT2D eigenvalue weighted by Gasteiger charge is -2.16. The van der Waals surface area contributed by atoms with E-state index in [9.17, 15) is 0 Å². The Morgan fingerprint density at radius 1 is 1.23 bits per heavy atom. The van der Waals surface area contributed by atoms with Gasteiger partial charge in [-0.25, -0.2) is 4.98 Å². The minimum atomic E-state index is 0.590. The van der Waals surface area contributed by atoms with Gasteiger partial charge in [0, 0.05) is 30.9 Å². The standard InChI is InChI=1S/C16H23N5O/c1-3-6-13-10-14(22-20-13)11-17-15-9-12(2)18-16(19-15)21-7-4-5-8-21/h9-10H,3-8,11H2,1-2H3,(H,17,18,19). The van der Waals surface area contributed by atoms with E-state index in [0.29, 0.717) is 6.54 Å². The summed E-state index contributed by atoms with van der Waals surface area (Å²) in [6.07, 6.45) is 4.47. The van der Waals surface area contributed by atoms with E-state index in [1.807, 2.05) is 19.1 Å². The largest absolute Gasteiger partial charge is 0.363 e. The molecule has 0 saturated carbocycles. The maximum Gasteiger partial charge on any atom is 0.227 e. The number of nitrogens with zero attached hydrogens (tertiary/aromatic N) is 4. The zero-order chi connectivity index (χ0) is 15.4. The van der Waals surface area contributed by atoms with Gasteiger partial charge in [0.15, 0.2) is 5.76 Å². The van der Waals surface area contributed by atoms with Crippen LogP contribution >= 0.6 is 0 Å². The molecular formula is C16H23N5O. The maximum atomic E-state index is 5.33. The highest BCUT2D eigenvalue weighted by Gasteiger charge is 2.16. The Morgan fingerprint density at radius 3 is 2.82 bits per heavy atom. The van der Waals surface area contributed by atoms with Crippen LogP contribution in [0.1, 0.15) is 43.3 Å². The first-order valence-corrected chi connectivity index (χ1v) is 8.03. The van der Waals surface area contributed by atoms with Crippen molar-refractivity contribution >= 4 is 11.8 Å². The van der Waals surface area contributed by atoms with Crippen LogP contribution in [-0.2, 0) is 13.0 Å². The molecule has 0 amide bonds. The van der Waals surface area contributed by atoms with Crippen molar-refractivity contribution in [1.29, 1.82) is 0 Å². The van der Waals surface area contributed by atoms with Crippen LogP contribution < -0.4 is 10.2 Å². The predicted molar refractivity (Wildman–Crippen MR) is 86.0 cm³/mol. The molecule has 2 aromatic rings. The fourth-order valence-corrected chi connectivity index (χ4v) is 2.69. The van der Waals surface area contributed by atoms with Gasteiger partial charge in [-0.15, -0.1) is 0 Å². The Bertz CT molecular complexity index is 619. The van der Waals surface area contributed by atoms with Crippen LogP contribution in [-0.4, -0.2) is 28.2 Å². The second-order valence-corrected chi connectivity index (χ2v) is 5.78. The third kappa shape index (κ3) is 3.55. The Morgan fingerprint density at radius 2 is 2.05 bits per heavy atom. The summed E-state index contributed by atoms with van der Waals surface area (Å²) in [5.74, 6) is 2.49. The average molecular weight is 301 g/mol. The summed E-state index contributed by atoms with van der Waals surface area (Å²) in [5, 5.41) is 7.37. The summed E-state index contributed by atoms with van der Waals surface area (Å²) < 4.78 is 5.33. The third-order valence-corrected chi connectivity index (χ3v) is 3.79. The van der Waals surface area contributed by atoms with Crippen molar-refractivity contribution in [3.05, 3.63) is 29.3 Å². The van der Waals surface area contributed by atoms with Crippen molar-refractivity contribution in [2.24, 2.45) is 0 Å². The zero-order valence-corrected chi connectivity index (χ0v) is 13.3. The lowest BCUT2D eigenvalue weighted by Crippen LogP contribution is -2.21. The minimum absolute atomic E-state index is 0.590. The lowest BCUT2D eigenvalue weighted by atomic mass is 10.2. The Balaban J connectivity index is 1.66. The zero-order valence-electron chi connectivity index (χ0n) is 13.3. The molecule has 1 fully saturated rings. The molecule has 3 heterocycles. The Kier molecular flexibility index (Phi) is 4.56. The fourth-order valence-electron chi connectivity index (χ4n) is 2.69. The molecule has 22 heavy (non-hydrogen) atoms. The molecule has 2 aromatic heterocycles. The van der Waals surface area contributed by atoms with E-state index in [1.165, 1.54) is 12.8 Å². The molecule has 0 bridgehead atoms. The summed E-state index contributed by atoms with van der Waals surface area (Å²) in [7, 11) is 0. The van der Waals surface area contributed by atoms with Crippen LogP contribution in [0.25, 0.3) is 0 Å². The molecule has 118 valence electrons. The maximum absolute atomic E-state index is 5.33. The molecule has 6 heteroatoms. The SMILES string of the molecule is CCCc1cc(CNc2cc(C)nc(N3CCCC3)n2)on1. The molecule has 1 saturated heterocycles. The molecule has 0 atom stereocenters. The summed E-state index contributed by atoms with van der Waals surface area (Å²) in [4.78, 5) is 11.4. The molecule has 1 aliphatic heterocycles. The van der Waals surface area contributed by atoms with Crippen molar-refractivity contribution in [2.75, 3.05) is 23.3 Å². The van der Waals surface area contributed by atoms with Crippen molar-refractivity contribution in [3.8, 4) is 0 Å². The molecular weight excluding hydrogens is 278 g/mol. The molecule has 6 nitrogen and oxygen atoms in total. The van der Waals surface area contributed by atoms with E-state index in [-0.39, 0.29) is 0 Å². The van der Waals surface area contributed by atoms with E-state index in [0.717, 1.165) is 54.8 Å². The molecule has 1 N–H and O–H groups in total. The number of hydrogen-bond acceptors (Lipinski definition) is 6. The van der Waals surface area contributed by atoms with E-state index in [2.05, 4.69) is 32.3 Å². The fraction of sp³-hybridized carbons (Fsp3) is 0.562. The first-order valence-electron chi connectivity index (χ1n) is 8.03. The van der Waals surface area contributed by atoms with Gasteiger partial charge < -0.3 is 14.7 Å². The quantitative estimate of drug-likeness (QED) is 0.885. The summed E-state index contributed by atoms with van der Waals surface area (Å²) in [5.41, 5.74) is 1.99. The van der Waals surface area contributed by atoms with Crippen molar-refractivity contribution in [3.63, 3.8) is 0 Å². The van der Waals surface area contributed by atoms with Crippen LogP contribution in [0.2, 0.25) is 0 Å². The van der Waals surface area contributed by atoms with Gasteiger partial charge in [0.2, 0.25) is 5.95 Å². The van der Waals surface area contributed by atoms with Gasteiger partial charge in [0.1, 0.15) is 5.82 Å². The summed E-state index contributed by atoms with van der Waals surface area (Å²) in [6, 6.07) is 3.97. The van der Waals surface area contributed by atoms with Gasteiger partial charge >= 0.3 is 0 Å². The topological polar surface area (TPSA) is 67.1 Å². The van der Waals surface area contributed by atoms with Crippen LogP contribution in [0.3, 0.4) is 0 Å². The number of aryl methyl sites for hydroxylation is 2. The van der Waals surface area contributed by atoms with Gasteiger partial charge in [-0.2, -0.15) is 4.98 Å². The highest BCUT2D eigenvalue weighted by atomic mass is 16.5. The Labute approximate surface area is 130 Å². The van der Waals surface area contributed by atoms with E-state index < -0.39 is 0 Å². The van der Waals surface area contributed by atoms with Gasteiger partial charge in [-0.1, -0.05) is 18.5 Å². The van der Waals surface area contributed by atoms with Crippen molar-refractivity contribution in [2.45, 2.75) is 46.1 Å². The second-order valence-electron chi connectivity index (χ2n) is 5.78. The molecule has 0 unspecified atom stereocenters. The molecule has 0 aliphatic carbocycles. The average Bonchev–Trinajstić information content (AvgIpc) is 3.17.